The summed E-state index contributed by atoms with van der Waals surface area (Å²) < 4.78 is 2.06. The van der Waals surface area contributed by atoms with E-state index in [9.17, 15) is 0 Å². The Bertz CT molecular complexity index is 701. The molecule has 0 amide bonds. The molecule has 4 heteroatoms. The van der Waals surface area contributed by atoms with Gasteiger partial charge in [0.25, 0.3) is 0 Å². The molecule has 0 saturated heterocycles. The van der Waals surface area contributed by atoms with Crippen LogP contribution in [-0.4, -0.2) is 14.5 Å². The maximum absolute atomic E-state index is 6.02. The molecule has 0 bridgehead atoms. The highest BCUT2D eigenvalue weighted by Crippen LogP contribution is 2.21. The van der Waals surface area contributed by atoms with Crippen molar-refractivity contribution in [2.45, 2.75) is 19.9 Å². The molecule has 2 aromatic heterocycles. The lowest BCUT2D eigenvalue weighted by Gasteiger charge is -2.06. The summed E-state index contributed by atoms with van der Waals surface area (Å²) >= 11 is 0. The summed E-state index contributed by atoms with van der Waals surface area (Å²) in [5, 5.41) is 0. The molecule has 0 unspecified atom stereocenters. The van der Waals surface area contributed by atoms with E-state index in [0.29, 0.717) is 5.95 Å². The number of hydrogen-bond donors (Lipinski definition) is 1. The quantitative estimate of drug-likeness (QED) is 0.779. The monoisotopic (exact) mass is 252 g/mol. The number of aryl methyl sites for hydroxylation is 3. The minimum absolute atomic E-state index is 0.577. The largest absolute Gasteiger partial charge is 0.369 e. The smallest absolute Gasteiger partial charge is 0.201 e. The topological polar surface area (TPSA) is 56.7 Å². The average Bonchev–Trinajstić information content (AvgIpc) is 2.75. The Balaban J connectivity index is 1.93. The Morgan fingerprint density at radius 3 is 2.89 bits per heavy atom. The number of pyridine rings is 1. The third-order valence-electron chi connectivity index (χ3n) is 3.36. The molecule has 0 atom stereocenters. The van der Waals surface area contributed by atoms with Crippen molar-refractivity contribution in [3.63, 3.8) is 0 Å². The number of nitrogens with zero attached hydrogens (tertiary/aromatic N) is 3. The highest BCUT2D eigenvalue weighted by molar-refractivity contribution is 5.81. The number of anilines is 1. The van der Waals surface area contributed by atoms with E-state index in [4.69, 9.17) is 5.73 Å². The summed E-state index contributed by atoms with van der Waals surface area (Å²) in [6.45, 7) is 2.87. The predicted molar refractivity (Wildman–Crippen MR) is 76.8 cm³/mol. The number of nitrogens with two attached hydrogens (primary N) is 1. The summed E-state index contributed by atoms with van der Waals surface area (Å²) in [7, 11) is 0. The summed E-state index contributed by atoms with van der Waals surface area (Å²) in [4.78, 5) is 8.58. The second-order valence-corrected chi connectivity index (χ2v) is 4.68. The van der Waals surface area contributed by atoms with E-state index in [0.717, 1.165) is 29.6 Å². The van der Waals surface area contributed by atoms with Gasteiger partial charge in [-0.15, -0.1) is 0 Å². The van der Waals surface area contributed by atoms with Crippen molar-refractivity contribution in [2.24, 2.45) is 0 Å². The first-order valence-corrected chi connectivity index (χ1v) is 6.36. The van der Waals surface area contributed by atoms with Crippen LogP contribution in [0.4, 0.5) is 5.95 Å². The fraction of sp³-hybridized carbons (Fsp3) is 0.200. The van der Waals surface area contributed by atoms with E-state index < -0.39 is 0 Å². The van der Waals surface area contributed by atoms with Crippen LogP contribution < -0.4 is 5.73 Å². The Labute approximate surface area is 111 Å². The zero-order chi connectivity index (χ0) is 13.2. The lowest BCUT2D eigenvalue weighted by atomic mass is 10.2. The van der Waals surface area contributed by atoms with E-state index >= 15 is 0 Å². The van der Waals surface area contributed by atoms with Gasteiger partial charge < -0.3 is 10.3 Å². The molecule has 0 radical (unpaired) electrons. The van der Waals surface area contributed by atoms with Crippen molar-refractivity contribution in [1.82, 2.24) is 14.5 Å². The minimum Gasteiger partial charge on any atom is -0.369 e. The van der Waals surface area contributed by atoms with Gasteiger partial charge in [-0.25, -0.2) is 4.98 Å². The van der Waals surface area contributed by atoms with Gasteiger partial charge in [0.05, 0.1) is 11.0 Å². The highest BCUT2D eigenvalue weighted by atomic mass is 15.1. The van der Waals surface area contributed by atoms with Crippen LogP contribution in [0.5, 0.6) is 0 Å². The number of rotatable bonds is 3. The standard InChI is InChI=1S/C15H16N4/c1-11-4-2-6-13-14(11)18-15(16)19(13)9-7-12-5-3-8-17-10-12/h2-6,8,10H,7,9H2,1H3,(H2,16,18). The van der Waals surface area contributed by atoms with Crippen molar-refractivity contribution < 1.29 is 0 Å². The van der Waals surface area contributed by atoms with Crippen LogP contribution in [0, 0.1) is 6.92 Å². The maximum Gasteiger partial charge on any atom is 0.201 e. The maximum atomic E-state index is 6.02. The molecule has 4 nitrogen and oxygen atoms in total. The Hall–Kier alpha value is -2.36. The van der Waals surface area contributed by atoms with Crippen molar-refractivity contribution in [1.29, 1.82) is 0 Å². The zero-order valence-electron chi connectivity index (χ0n) is 10.9. The first-order chi connectivity index (χ1) is 9.25. The Kier molecular flexibility index (Phi) is 2.91. The van der Waals surface area contributed by atoms with Gasteiger partial charge in [0.2, 0.25) is 5.95 Å². The van der Waals surface area contributed by atoms with Gasteiger partial charge in [-0.1, -0.05) is 18.2 Å². The molecule has 0 spiro atoms. The van der Waals surface area contributed by atoms with Crippen molar-refractivity contribution >= 4 is 17.0 Å². The molecule has 0 saturated carbocycles. The number of imidazole rings is 1. The van der Waals surface area contributed by atoms with Gasteiger partial charge in [0.1, 0.15) is 0 Å². The second kappa shape index (κ2) is 4.72. The molecule has 0 aliphatic carbocycles. The molecule has 3 aromatic rings. The number of benzene rings is 1. The first kappa shape index (κ1) is 11.7. The molecule has 3 rings (SSSR count). The summed E-state index contributed by atoms with van der Waals surface area (Å²) in [5.74, 6) is 0.577. The summed E-state index contributed by atoms with van der Waals surface area (Å²) in [6.07, 6.45) is 4.58. The van der Waals surface area contributed by atoms with Gasteiger partial charge in [-0.2, -0.15) is 0 Å². The van der Waals surface area contributed by atoms with Crippen molar-refractivity contribution in [3.05, 3.63) is 53.9 Å². The lowest BCUT2D eigenvalue weighted by molar-refractivity contribution is 0.724. The molecular weight excluding hydrogens is 236 g/mol. The molecule has 0 aliphatic heterocycles. The molecule has 19 heavy (non-hydrogen) atoms. The van der Waals surface area contributed by atoms with E-state index in [1.54, 1.807) is 6.20 Å². The van der Waals surface area contributed by atoms with Gasteiger partial charge in [0, 0.05) is 18.9 Å². The van der Waals surface area contributed by atoms with Gasteiger partial charge in [-0.3, -0.25) is 4.98 Å². The van der Waals surface area contributed by atoms with Crippen LogP contribution in [0.25, 0.3) is 11.0 Å². The van der Waals surface area contributed by atoms with Crippen molar-refractivity contribution in [2.75, 3.05) is 5.73 Å². The predicted octanol–water partition coefficient (Wildman–Crippen LogP) is 2.56. The van der Waals surface area contributed by atoms with Crippen LogP contribution in [0.3, 0.4) is 0 Å². The number of hydrogen-bond acceptors (Lipinski definition) is 3. The first-order valence-electron chi connectivity index (χ1n) is 6.36. The SMILES string of the molecule is Cc1cccc2c1nc(N)n2CCc1cccnc1. The number of nitrogen functional groups attached to an aromatic ring is 1. The van der Waals surface area contributed by atoms with Crippen LogP contribution in [0.1, 0.15) is 11.1 Å². The number of para-hydroxylation sites is 1. The van der Waals surface area contributed by atoms with E-state index in [1.807, 2.05) is 18.3 Å². The molecule has 0 fully saturated rings. The third-order valence-corrected chi connectivity index (χ3v) is 3.36. The molecule has 96 valence electrons. The van der Waals surface area contributed by atoms with Crippen LogP contribution in [-0.2, 0) is 13.0 Å². The second-order valence-electron chi connectivity index (χ2n) is 4.68. The molecule has 2 N–H and O–H groups in total. The molecular formula is C15H16N4. The Morgan fingerprint density at radius 1 is 1.21 bits per heavy atom. The summed E-state index contributed by atoms with van der Waals surface area (Å²) in [5.41, 5.74) is 10.5. The third kappa shape index (κ3) is 2.17. The molecule has 2 heterocycles. The fourth-order valence-corrected chi connectivity index (χ4v) is 2.33. The van der Waals surface area contributed by atoms with Crippen LogP contribution >= 0.6 is 0 Å². The normalized spacial score (nSPS) is 11.0. The number of aromatic nitrogens is 3. The summed E-state index contributed by atoms with van der Waals surface area (Å²) in [6, 6.07) is 10.2. The number of fused-ring (bicyclic) bond motifs is 1. The van der Waals surface area contributed by atoms with Gasteiger partial charge in [0.15, 0.2) is 0 Å². The zero-order valence-corrected chi connectivity index (χ0v) is 10.9. The highest BCUT2D eigenvalue weighted by Gasteiger charge is 2.09. The molecule has 0 aliphatic rings. The van der Waals surface area contributed by atoms with E-state index in [-0.39, 0.29) is 0 Å². The van der Waals surface area contributed by atoms with Crippen LogP contribution in [0.15, 0.2) is 42.7 Å². The van der Waals surface area contributed by atoms with Gasteiger partial charge >= 0.3 is 0 Å². The van der Waals surface area contributed by atoms with Gasteiger partial charge in [-0.05, 0) is 36.6 Å². The van der Waals surface area contributed by atoms with Crippen LogP contribution in [0.2, 0.25) is 0 Å². The van der Waals surface area contributed by atoms with E-state index in [2.05, 4.69) is 39.7 Å². The fourth-order valence-electron chi connectivity index (χ4n) is 2.33. The van der Waals surface area contributed by atoms with E-state index in [1.165, 1.54) is 5.56 Å². The Morgan fingerprint density at radius 2 is 2.11 bits per heavy atom. The van der Waals surface area contributed by atoms with Crippen molar-refractivity contribution in [3.8, 4) is 0 Å². The minimum atomic E-state index is 0.577. The average molecular weight is 252 g/mol. The molecule has 1 aromatic carbocycles. The lowest BCUT2D eigenvalue weighted by Crippen LogP contribution is -2.05.